The Morgan fingerprint density at radius 3 is 2.70 bits per heavy atom. The van der Waals surface area contributed by atoms with E-state index in [1.165, 1.54) is 0 Å². The number of carboxylic acids is 1. The summed E-state index contributed by atoms with van der Waals surface area (Å²) in [5.41, 5.74) is 0.0209. The molecular weight excluding hydrogens is 302 g/mol. The first kappa shape index (κ1) is 15.2. The molecule has 1 aliphatic rings. The Hall–Kier alpha value is -2.74. The number of rotatable bonds is 3. The fraction of sp³-hybridized carbons (Fsp3) is 0.333. The number of likely N-dealkylation sites (tertiary alicyclic amines) is 1. The monoisotopic (exact) mass is 317 g/mol. The average Bonchev–Trinajstić information content (AvgIpc) is 2.93. The minimum absolute atomic E-state index is 0.0148. The third-order valence-electron chi connectivity index (χ3n) is 3.98. The van der Waals surface area contributed by atoms with Gasteiger partial charge in [0.2, 0.25) is 5.91 Å². The largest absolute Gasteiger partial charge is 0.480 e. The summed E-state index contributed by atoms with van der Waals surface area (Å²) in [6.07, 6.45) is -0.977. The fourth-order valence-electron chi connectivity index (χ4n) is 2.87. The second-order valence-corrected chi connectivity index (χ2v) is 5.51. The molecular formula is C15H15N3O5. The van der Waals surface area contributed by atoms with Crippen LogP contribution in [0.3, 0.4) is 0 Å². The number of hydrogen-bond acceptors (Lipinski definition) is 5. The van der Waals surface area contributed by atoms with Crippen LogP contribution in [-0.4, -0.2) is 55.9 Å². The normalized spacial score (nSPS) is 20.8. The van der Waals surface area contributed by atoms with E-state index in [1.54, 1.807) is 24.3 Å². The van der Waals surface area contributed by atoms with Crippen molar-refractivity contribution in [3.05, 3.63) is 40.3 Å². The van der Waals surface area contributed by atoms with E-state index < -0.39 is 24.0 Å². The lowest BCUT2D eigenvalue weighted by atomic mass is 10.1. The number of aromatic amines is 1. The number of aromatic nitrogens is 2. The van der Waals surface area contributed by atoms with Gasteiger partial charge in [0.15, 0.2) is 0 Å². The molecule has 2 atom stereocenters. The van der Waals surface area contributed by atoms with Gasteiger partial charge in [-0.2, -0.15) is 5.10 Å². The number of hydrogen-bond donors (Lipinski definition) is 3. The highest BCUT2D eigenvalue weighted by Crippen LogP contribution is 2.20. The molecule has 3 N–H and O–H groups in total. The molecule has 1 aromatic carbocycles. The molecule has 1 saturated heterocycles. The van der Waals surface area contributed by atoms with E-state index >= 15 is 0 Å². The summed E-state index contributed by atoms with van der Waals surface area (Å²) in [7, 11) is 0. The number of nitrogens with zero attached hydrogens (tertiary/aromatic N) is 2. The lowest BCUT2D eigenvalue weighted by molar-refractivity contribution is -0.148. The van der Waals surface area contributed by atoms with Gasteiger partial charge in [-0.1, -0.05) is 18.2 Å². The van der Waals surface area contributed by atoms with Crippen LogP contribution >= 0.6 is 0 Å². The molecule has 0 spiro atoms. The highest BCUT2D eigenvalue weighted by molar-refractivity contribution is 5.90. The maximum Gasteiger partial charge on any atom is 0.326 e. The van der Waals surface area contributed by atoms with E-state index in [4.69, 9.17) is 5.11 Å². The van der Waals surface area contributed by atoms with Gasteiger partial charge in [0.1, 0.15) is 6.04 Å². The summed E-state index contributed by atoms with van der Waals surface area (Å²) in [5, 5.41) is 26.0. The minimum atomic E-state index is -1.14. The van der Waals surface area contributed by atoms with E-state index in [2.05, 4.69) is 10.2 Å². The van der Waals surface area contributed by atoms with Crippen molar-refractivity contribution in [2.75, 3.05) is 6.54 Å². The molecule has 0 saturated carbocycles. The number of aliphatic hydroxyl groups excluding tert-OH is 1. The van der Waals surface area contributed by atoms with E-state index in [1.807, 2.05) is 0 Å². The molecule has 2 heterocycles. The topological polar surface area (TPSA) is 124 Å². The summed E-state index contributed by atoms with van der Waals surface area (Å²) >= 11 is 0. The Labute approximate surface area is 130 Å². The van der Waals surface area contributed by atoms with Gasteiger partial charge >= 0.3 is 5.97 Å². The van der Waals surface area contributed by atoms with Crippen molar-refractivity contribution in [3.63, 3.8) is 0 Å². The predicted octanol–water partition coefficient (Wildman–Crippen LogP) is -0.488. The Balaban J connectivity index is 1.90. The van der Waals surface area contributed by atoms with E-state index in [0.29, 0.717) is 16.5 Å². The lowest BCUT2D eigenvalue weighted by Crippen LogP contribution is -2.41. The number of H-pyrrole nitrogens is 1. The molecule has 1 aliphatic heterocycles. The second kappa shape index (κ2) is 5.81. The summed E-state index contributed by atoms with van der Waals surface area (Å²) in [6, 6.07) is 5.72. The highest BCUT2D eigenvalue weighted by atomic mass is 16.4. The van der Waals surface area contributed by atoms with Crippen LogP contribution in [-0.2, 0) is 16.0 Å². The first-order chi connectivity index (χ1) is 11.0. The summed E-state index contributed by atoms with van der Waals surface area (Å²) in [4.78, 5) is 36.5. The number of amides is 1. The number of carboxylic acid groups (broad SMARTS) is 1. The van der Waals surface area contributed by atoms with Gasteiger partial charge in [0, 0.05) is 18.4 Å². The smallest absolute Gasteiger partial charge is 0.326 e. The predicted molar refractivity (Wildman–Crippen MR) is 79.8 cm³/mol. The number of carbonyl (C=O) groups excluding carboxylic acids is 1. The van der Waals surface area contributed by atoms with Crippen molar-refractivity contribution in [1.82, 2.24) is 15.1 Å². The van der Waals surface area contributed by atoms with Crippen molar-refractivity contribution in [2.24, 2.45) is 0 Å². The zero-order chi connectivity index (χ0) is 16.6. The van der Waals surface area contributed by atoms with E-state index in [0.717, 1.165) is 4.90 Å². The van der Waals surface area contributed by atoms with Gasteiger partial charge in [-0.25, -0.2) is 9.89 Å². The highest BCUT2D eigenvalue weighted by Gasteiger charge is 2.38. The molecule has 8 heteroatoms. The second-order valence-electron chi connectivity index (χ2n) is 5.51. The standard InChI is InChI=1S/C15H15N3O5/c19-8-5-12(15(22)23)18(7-8)13(20)6-11-9-3-1-2-4-10(9)14(21)17-16-11/h1-4,8,12,19H,5-7H2,(H,17,21)(H,22,23)/t8?,12-/m0/s1. The Morgan fingerprint density at radius 2 is 2.00 bits per heavy atom. The van der Waals surface area contributed by atoms with Crippen LogP contribution in [0.4, 0.5) is 0 Å². The molecule has 0 aliphatic carbocycles. The van der Waals surface area contributed by atoms with Crippen LogP contribution in [0.2, 0.25) is 0 Å². The van der Waals surface area contributed by atoms with E-state index in [9.17, 15) is 19.5 Å². The molecule has 1 amide bonds. The summed E-state index contributed by atoms with van der Waals surface area (Å²) in [6.45, 7) is -0.0168. The molecule has 2 aromatic rings. The van der Waals surface area contributed by atoms with Crippen molar-refractivity contribution in [1.29, 1.82) is 0 Å². The van der Waals surface area contributed by atoms with Gasteiger partial charge in [-0.3, -0.25) is 9.59 Å². The average molecular weight is 317 g/mol. The van der Waals surface area contributed by atoms with Crippen molar-refractivity contribution in [2.45, 2.75) is 25.0 Å². The van der Waals surface area contributed by atoms with Crippen LogP contribution < -0.4 is 5.56 Å². The molecule has 23 heavy (non-hydrogen) atoms. The molecule has 0 bridgehead atoms. The van der Waals surface area contributed by atoms with Crippen LogP contribution in [0.15, 0.2) is 29.1 Å². The number of aliphatic hydroxyl groups is 1. The van der Waals surface area contributed by atoms with Crippen LogP contribution in [0.25, 0.3) is 10.8 Å². The third kappa shape index (κ3) is 2.80. The zero-order valence-corrected chi connectivity index (χ0v) is 12.1. The number of carbonyl (C=O) groups is 2. The number of fused-ring (bicyclic) bond motifs is 1. The van der Waals surface area contributed by atoms with Crippen molar-refractivity contribution in [3.8, 4) is 0 Å². The van der Waals surface area contributed by atoms with Crippen LogP contribution in [0.1, 0.15) is 12.1 Å². The van der Waals surface area contributed by atoms with E-state index in [-0.39, 0.29) is 24.9 Å². The fourth-order valence-corrected chi connectivity index (χ4v) is 2.87. The van der Waals surface area contributed by atoms with Gasteiger partial charge in [0.05, 0.1) is 23.6 Å². The first-order valence-corrected chi connectivity index (χ1v) is 7.14. The number of β-amino-alcohol motifs (C(OH)–C–C–N with tert-alkyl or cyclic N) is 1. The number of nitrogens with one attached hydrogen (secondary N) is 1. The first-order valence-electron chi connectivity index (χ1n) is 7.14. The molecule has 3 rings (SSSR count). The van der Waals surface area contributed by atoms with Crippen LogP contribution in [0.5, 0.6) is 0 Å². The Morgan fingerprint density at radius 1 is 1.30 bits per heavy atom. The van der Waals surface area contributed by atoms with Gasteiger partial charge in [-0.15, -0.1) is 0 Å². The van der Waals surface area contributed by atoms with Crippen molar-refractivity contribution < 1.29 is 19.8 Å². The van der Waals surface area contributed by atoms with Gasteiger partial charge in [0.25, 0.3) is 5.56 Å². The number of aliphatic carboxylic acids is 1. The lowest BCUT2D eigenvalue weighted by Gasteiger charge is -2.21. The zero-order valence-electron chi connectivity index (χ0n) is 12.1. The molecule has 120 valence electrons. The Bertz CT molecular complexity index is 831. The maximum absolute atomic E-state index is 12.4. The molecule has 0 radical (unpaired) electrons. The molecule has 1 aromatic heterocycles. The summed E-state index contributed by atoms with van der Waals surface area (Å²) in [5.74, 6) is -1.59. The van der Waals surface area contributed by atoms with Crippen LogP contribution in [0, 0.1) is 0 Å². The summed E-state index contributed by atoms with van der Waals surface area (Å²) < 4.78 is 0. The maximum atomic E-state index is 12.4. The SMILES string of the molecule is O=C(O)[C@@H]1CC(O)CN1C(=O)Cc1n[nH]c(=O)c2ccccc12. The van der Waals surface area contributed by atoms with Gasteiger partial charge < -0.3 is 15.1 Å². The van der Waals surface area contributed by atoms with Crippen molar-refractivity contribution >= 4 is 22.6 Å². The van der Waals surface area contributed by atoms with Gasteiger partial charge in [-0.05, 0) is 6.07 Å². The quantitative estimate of drug-likeness (QED) is 0.702. The Kier molecular flexibility index (Phi) is 3.83. The molecule has 1 unspecified atom stereocenters. The number of benzene rings is 1. The third-order valence-corrected chi connectivity index (χ3v) is 3.98. The molecule has 8 nitrogen and oxygen atoms in total. The molecule has 1 fully saturated rings. The minimum Gasteiger partial charge on any atom is -0.480 e.